The summed E-state index contributed by atoms with van der Waals surface area (Å²) in [6, 6.07) is 14.8. The Bertz CT molecular complexity index is 1370. The summed E-state index contributed by atoms with van der Waals surface area (Å²) >= 11 is 4.85. The highest BCUT2D eigenvalue weighted by Gasteiger charge is 2.36. The first-order valence-electron chi connectivity index (χ1n) is 11.2. The van der Waals surface area contributed by atoms with Crippen LogP contribution in [0.25, 0.3) is 6.08 Å². The van der Waals surface area contributed by atoms with Gasteiger partial charge in [0.1, 0.15) is 5.75 Å². The van der Waals surface area contributed by atoms with E-state index in [1.54, 1.807) is 29.2 Å². The van der Waals surface area contributed by atoms with Crippen molar-refractivity contribution in [3.63, 3.8) is 0 Å². The third-order valence-corrected chi connectivity index (χ3v) is 9.16. The number of thioether (sulfide) groups is 2. The molecule has 0 aliphatic carbocycles. The Morgan fingerprint density at radius 2 is 1.89 bits per heavy atom. The van der Waals surface area contributed by atoms with E-state index < -0.39 is 6.36 Å². The molecule has 3 heterocycles. The summed E-state index contributed by atoms with van der Waals surface area (Å²) in [5.41, 5.74) is 2.79. The molecule has 0 unspecified atom stereocenters. The molecular formula is C26H23F3N3OS3+. The number of alkyl halides is 3. The van der Waals surface area contributed by atoms with Crippen molar-refractivity contribution in [2.24, 2.45) is 0 Å². The molecule has 1 fully saturated rings. The van der Waals surface area contributed by atoms with Crippen LogP contribution in [0.4, 0.5) is 18.9 Å². The largest absolute Gasteiger partial charge is 0.573 e. The van der Waals surface area contributed by atoms with Crippen LogP contribution in [0.2, 0.25) is 0 Å². The van der Waals surface area contributed by atoms with Gasteiger partial charge in [0.2, 0.25) is 0 Å². The Kier molecular flexibility index (Phi) is 6.84. The lowest BCUT2D eigenvalue weighted by atomic mass is 10.2. The van der Waals surface area contributed by atoms with Crippen LogP contribution < -0.4 is 14.2 Å². The van der Waals surface area contributed by atoms with Crippen molar-refractivity contribution in [3.05, 3.63) is 97.9 Å². The van der Waals surface area contributed by atoms with Crippen molar-refractivity contribution in [1.29, 1.82) is 0 Å². The molecule has 0 N–H and O–H groups in total. The monoisotopic (exact) mass is 546 g/mol. The minimum absolute atomic E-state index is 0.228. The van der Waals surface area contributed by atoms with Crippen molar-refractivity contribution in [2.75, 3.05) is 18.5 Å². The number of anilines is 1. The van der Waals surface area contributed by atoms with Crippen molar-refractivity contribution >= 4 is 46.6 Å². The second kappa shape index (κ2) is 9.91. The Hall–Kier alpha value is -2.82. The molecule has 2 aliphatic rings. The summed E-state index contributed by atoms with van der Waals surface area (Å²) in [5.74, 6) is -0.228. The second-order valence-corrected chi connectivity index (χ2v) is 11.1. The van der Waals surface area contributed by atoms with E-state index in [-0.39, 0.29) is 5.75 Å². The minimum Gasteiger partial charge on any atom is -0.406 e. The van der Waals surface area contributed by atoms with E-state index in [0.717, 1.165) is 43.7 Å². The van der Waals surface area contributed by atoms with Gasteiger partial charge in [0.15, 0.2) is 12.7 Å². The Morgan fingerprint density at radius 1 is 1.11 bits per heavy atom. The Balaban J connectivity index is 1.44. The lowest BCUT2D eigenvalue weighted by molar-refractivity contribution is -0.685. The van der Waals surface area contributed by atoms with E-state index >= 15 is 0 Å². The number of rotatable bonds is 5. The first kappa shape index (κ1) is 24.9. The zero-order chi connectivity index (χ0) is 25.4. The number of aromatic nitrogens is 1. The molecule has 1 aromatic heterocycles. The van der Waals surface area contributed by atoms with Gasteiger partial charge in [-0.2, -0.15) is 4.57 Å². The normalized spacial score (nSPS) is 18.9. The van der Waals surface area contributed by atoms with Crippen LogP contribution in [0.3, 0.4) is 0 Å². The number of nitrogens with zero attached hydrogens (tertiary/aromatic N) is 3. The standard InChI is InChI=1S/C26H23F3N3OS3/c1-4-32-17(2)24(25-30(3)20-14-19(33-26(27,28)29)10-11-21(20)35-25)36-23(32)15-22-31(12-13-34-22)16-18-8-6-5-7-9-18/h5-15H,2,4,16H2,1,3H3/q+1/b25-24+. The van der Waals surface area contributed by atoms with E-state index in [9.17, 15) is 13.2 Å². The number of benzene rings is 2. The predicted molar refractivity (Wildman–Crippen MR) is 142 cm³/mol. The zero-order valence-electron chi connectivity index (χ0n) is 19.6. The van der Waals surface area contributed by atoms with Crippen LogP contribution in [0.5, 0.6) is 5.75 Å². The number of fused-ring (bicyclic) bond motifs is 1. The van der Waals surface area contributed by atoms with Crippen molar-refractivity contribution in [3.8, 4) is 5.75 Å². The van der Waals surface area contributed by atoms with Gasteiger partial charge in [-0.05, 0) is 19.1 Å². The molecule has 0 bridgehead atoms. The average molecular weight is 547 g/mol. The molecule has 2 aliphatic heterocycles. The highest BCUT2D eigenvalue weighted by molar-refractivity contribution is 8.09. The van der Waals surface area contributed by atoms with Gasteiger partial charge in [-0.3, -0.25) is 0 Å². The van der Waals surface area contributed by atoms with Gasteiger partial charge in [-0.25, -0.2) is 0 Å². The van der Waals surface area contributed by atoms with Gasteiger partial charge in [0.05, 0.1) is 37.8 Å². The summed E-state index contributed by atoms with van der Waals surface area (Å²) in [6.45, 7) is 7.98. The highest BCUT2D eigenvalue weighted by Crippen LogP contribution is 2.55. The number of likely N-dealkylation sites (N-methyl/N-ethyl adjacent to an activating group) is 1. The Morgan fingerprint density at radius 3 is 2.61 bits per heavy atom. The first-order chi connectivity index (χ1) is 17.2. The molecule has 36 heavy (non-hydrogen) atoms. The van der Waals surface area contributed by atoms with Gasteiger partial charge in [-0.1, -0.05) is 71.8 Å². The molecule has 10 heteroatoms. The lowest BCUT2D eigenvalue weighted by Gasteiger charge is -2.19. The SMILES string of the molecule is C=C1/C(=C2\Sc3ccc(OC(F)(F)F)cc3N2C)S/C(=C\c2scc[n+]2Cc2ccccc2)N1CC. The molecule has 0 atom stereocenters. The summed E-state index contributed by atoms with van der Waals surface area (Å²) in [4.78, 5) is 5.96. The van der Waals surface area contributed by atoms with Gasteiger partial charge in [-0.15, -0.1) is 13.2 Å². The van der Waals surface area contributed by atoms with Crippen LogP contribution in [0, 0.1) is 0 Å². The summed E-state index contributed by atoms with van der Waals surface area (Å²) in [6.07, 6.45) is -0.454. The van der Waals surface area contributed by atoms with E-state index in [2.05, 4.69) is 57.5 Å². The van der Waals surface area contributed by atoms with Crippen LogP contribution >= 0.6 is 34.9 Å². The van der Waals surface area contributed by atoms with Crippen LogP contribution in [-0.4, -0.2) is 24.9 Å². The summed E-state index contributed by atoms with van der Waals surface area (Å²) in [7, 11) is 1.86. The molecule has 186 valence electrons. The van der Waals surface area contributed by atoms with Crippen molar-refractivity contribution in [1.82, 2.24) is 4.90 Å². The molecule has 0 saturated carbocycles. The summed E-state index contributed by atoms with van der Waals surface area (Å²) in [5, 5.41) is 5.22. The molecular weight excluding hydrogens is 524 g/mol. The highest BCUT2D eigenvalue weighted by atomic mass is 32.2. The third-order valence-electron chi connectivity index (χ3n) is 5.76. The van der Waals surface area contributed by atoms with Crippen molar-refractivity contribution < 1.29 is 22.5 Å². The third kappa shape index (κ3) is 5.02. The minimum atomic E-state index is -4.73. The van der Waals surface area contributed by atoms with E-state index in [0.29, 0.717) is 5.69 Å². The van der Waals surface area contributed by atoms with Crippen molar-refractivity contribution in [2.45, 2.75) is 24.7 Å². The number of hydrogen-bond donors (Lipinski definition) is 0. The maximum absolute atomic E-state index is 12.7. The fraction of sp³-hybridized carbons (Fsp3) is 0.192. The van der Waals surface area contributed by atoms with Gasteiger partial charge >= 0.3 is 6.36 Å². The molecule has 5 rings (SSSR count). The molecule has 0 radical (unpaired) electrons. The Labute approximate surface area is 220 Å². The maximum atomic E-state index is 12.7. The quantitative estimate of drug-likeness (QED) is 0.313. The van der Waals surface area contributed by atoms with E-state index in [4.69, 9.17) is 0 Å². The zero-order valence-corrected chi connectivity index (χ0v) is 22.0. The lowest BCUT2D eigenvalue weighted by Crippen LogP contribution is -2.34. The van der Waals surface area contributed by atoms with Crippen LogP contribution in [-0.2, 0) is 6.54 Å². The van der Waals surface area contributed by atoms with Gasteiger partial charge in [0, 0.05) is 30.1 Å². The molecule has 3 aromatic rings. The number of hydrogen-bond acceptors (Lipinski definition) is 6. The molecule has 0 spiro atoms. The van der Waals surface area contributed by atoms with E-state index in [1.165, 1.54) is 29.5 Å². The maximum Gasteiger partial charge on any atom is 0.573 e. The smallest absolute Gasteiger partial charge is 0.406 e. The first-order valence-corrected chi connectivity index (χ1v) is 13.7. The number of halogens is 3. The second-order valence-electron chi connectivity index (χ2n) is 8.10. The fourth-order valence-corrected chi connectivity index (χ4v) is 7.45. The predicted octanol–water partition coefficient (Wildman–Crippen LogP) is 7.27. The molecule has 4 nitrogen and oxygen atoms in total. The topological polar surface area (TPSA) is 19.6 Å². The summed E-state index contributed by atoms with van der Waals surface area (Å²) < 4.78 is 44.5. The van der Waals surface area contributed by atoms with Gasteiger partial charge in [0.25, 0.3) is 5.01 Å². The number of thiazole rings is 1. The molecule has 1 saturated heterocycles. The molecule has 0 amide bonds. The average Bonchev–Trinajstić information content (AvgIpc) is 3.50. The molecule has 2 aromatic carbocycles. The number of ether oxygens (including phenoxy) is 1. The van der Waals surface area contributed by atoms with Gasteiger partial charge < -0.3 is 14.5 Å². The van der Waals surface area contributed by atoms with Crippen LogP contribution in [0.15, 0.2) is 92.2 Å². The van der Waals surface area contributed by atoms with Crippen LogP contribution in [0.1, 0.15) is 17.5 Å². The fourth-order valence-electron chi connectivity index (χ4n) is 4.07. The van der Waals surface area contributed by atoms with E-state index in [1.807, 2.05) is 30.1 Å².